The molecule has 1 N–H and O–H groups in total. The highest BCUT2D eigenvalue weighted by Crippen LogP contribution is 2.25. The molecule has 0 bridgehead atoms. The smallest absolute Gasteiger partial charge is 0.406 e. The number of aliphatic hydroxyl groups excluding tert-OH is 1. The summed E-state index contributed by atoms with van der Waals surface area (Å²) in [5.74, 6) is -0.0209. The Morgan fingerprint density at radius 3 is 2.43 bits per heavy atom. The molecule has 2 unspecified atom stereocenters. The standard InChI is InChI=1S/C16H23F3N2O2/c1-20(2)15-7-8-21(10-13(15)11-22)9-12-3-5-14(6-4-12)23-16(17,18)19/h3-6,13,15,22H,7-11H2,1-2H3. The summed E-state index contributed by atoms with van der Waals surface area (Å²) in [6.45, 7) is 2.47. The van der Waals surface area contributed by atoms with Gasteiger partial charge in [-0.15, -0.1) is 13.2 Å². The van der Waals surface area contributed by atoms with Crippen LogP contribution in [0.3, 0.4) is 0 Å². The number of likely N-dealkylation sites (tertiary alicyclic amines) is 1. The zero-order valence-corrected chi connectivity index (χ0v) is 13.4. The monoisotopic (exact) mass is 332 g/mol. The summed E-state index contributed by atoms with van der Waals surface area (Å²) in [7, 11) is 4.03. The van der Waals surface area contributed by atoms with Crippen LogP contribution in [0.4, 0.5) is 13.2 Å². The van der Waals surface area contributed by atoms with Crippen molar-refractivity contribution in [3.05, 3.63) is 29.8 Å². The number of rotatable bonds is 5. The molecule has 2 atom stereocenters. The summed E-state index contributed by atoms with van der Waals surface area (Å²) in [5.41, 5.74) is 0.930. The predicted octanol–water partition coefficient (Wildman–Crippen LogP) is 2.33. The third-order valence-corrected chi connectivity index (χ3v) is 4.24. The summed E-state index contributed by atoms with van der Waals surface area (Å²) in [4.78, 5) is 4.36. The number of hydrogen-bond donors (Lipinski definition) is 1. The maximum atomic E-state index is 12.1. The van der Waals surface area contributed by atoms with Gasteiger partial charge in [0.25, 0.3) is 0 Å². The van der Waals surface area contributed by atoms with E-state index in [1.165, 1.54) is 12.1 Å². The summed E-state index contributed by atoms with van der Waals surface area (Å²) < 4.78 is 40.3. The lowest BCUT2D eigenvalue weighted by atomic mass is 9.91. The second kappa shape index (κ2) is 7.51. The Morgan fingerprint density at radius 1 is 1.26 bits per heavy atom. The Labute approximate surface area is 134 Å². The minimum absolute atomic E-state index is 0.137. The lowest BCUT2D eigenvalue weighted by molar-refractivity contribution is -0.274. The molecule has 0 saturated carbocycles. The third kappa shape index (κ3) is 5.37. The van der Waals surface area contributed by atoms with Gasteiger partial charge in [-0.3, -0.25) is 4.90 Å². The maximum Gasteiger partial charge on any atom is 0.573 e. The van der Waals surface area contributed by atoms with Gasteiger partial charge in [0.1, 0.15) is 5.75 Å². The van der Waals surface area contributed by atoms with E-state index in [1.807, 2.05) is 14.1 Å². The van der Waals surface area contributed by atoms with Crippen LogP contribution in [-0.4, -0.2) is 61.1 Å². The van der Waals surface area contributed by atoms with E-state index in [-0.39, 0.29) is 18.3 Å². The number of hydrogen-bond acceptors (Lipinski definition) is 4. The van der Waals surface area contributed by atoms with E-state index < -0.39 is 6.36 Å². The van der Waals surface area contributed by atoms with E-state index in [4.69, 9.17) is 0 Å². The zero-order chi connectivity index (χ0) is 17.0. The normalized spacial score (nSPS) is 23.3. The fraction of sp³-hybridized carbons (Fsp3) is 0.625. The molecule has 0 amide bonds. The van der Waals surface area contributed by atoms with Crippen LogP contribution in [0.1, 0.15) is 12.0 Å². The molecule has 4 nitrogen and oxygen atoms in total. The molecule has 1 aliphatic rings. The van der Waals surface area contributed by atoms with Crippen molar-refractivity contribution < 1.29 is 23.0 Å². The summed E-state index contributed by atoms with van der Waals surface area (Å²) >= 11 is 0. The first-order chi connectivity index (χ1) is 10.8. The first-order valence-electron chi connectivity index (χ1n) is 7.63. The van der Waals surface area contributed by atoms with E-state index in [0.29, 0.717) is 12.6 Å². The number of halogens is 3. The Kier molecular flexibility index (Phi) is 5.89. The van der Waals surface area contributed by atoms with Gasteiger partial charge >= 0.3 is 6.36 Å². The number of piperidine rings is 1. The van der Waals surface area contributed by atoms with Gasteiger partial charge in [-0.1, -0.05) is 12.1 Å². The molecule has 0 aromatic heterocycles. The van der Waals surface area contributed by atoms with Gasteiger partial charge in [-0.2, -0.15) is 0 Å². The van der Waals surface area contributed by atoms with Crippen molar-refractivity contribution >= 4 is 0 Å². The molecule has 2 rings (SSSR count). The van der Waals surface area contributed by atoms with Gasteiger partial charge in [0, 0.05) is 31.7 Å². The SMILES string of the molecule is CN(C)C1CCN(Cc2ccc(OC(F)(F)F)cc2)CC1CO. The molecule has 0 aliphatic carbocycles. The van der Waals surface area contributed by atoms with Crippen LogP contribution < -0.4 is 4.74 Å². The van der Waals surface area contributed by atoms with Crippen molar-refractivity contribution in [2.24, 2.45) is 5.92 Å². The Balaban J connectivity index is 1.92. The molecule has 1 aliphatic heterocycles. The molecule has 23 heavy (non-hydrogen) atoms. The van der Waals surface area contributed by atoms with E-state index in [9.17, 15) is 18.3 Å². The molecule has 1 fully saturated rings. The first kappa shape index (κ1) is 18.0. The Bertz CT molecular complexity index is 491. The lowest BCUT2D eigenvalue weighted by Crippen LogP contribution is -2.49. The fourth-order valence-electron chi connectivity index (χ4n) is 3.15. The van der Waals surface area contributed by atoms with E-state index in [1.54, 1.807) is 12.1 Å². The number of aliphatic hydroxyl groups is 1. The van der Waals surface area contributed by atoms with Crippen LogP contribution in [-0.2, 0) is 6.54 Å². The van der Waals surface area contributed by atoms with Gasteiger partial charge in [-0.25, -0.2) is 0 Å². The van der Waals surface area contributed by atoms with Crippen molar-refractivity contribution in [2.75, 3.05) is 33.8 Å². The summed E-state index contributed by atoms with van der Waals surface area (Å²) in [6, 6.07) is 6.32. The van der Waals surface area contributed by atoms with Crippen LogP contribution in [0.15, 0.2) is 24.3 Å². The number of ether oxygens (including phenoxy) is 1. The van der Waals surface area contributed by atoms with Crippen molar-refractivity contribution in [2.45, 2.75) is 25.4 Å². The third-order valence-electron chi connectivity index (χ3n) is 4.24. The molecular formula is C16H23F3N2O2. The van der Waals surface area contributed by atoms with E-state index in [2.05, 4.69) is 14.5 Å². The van der Waals surface area contributed by atoms with Crippen molar-refractivity contribution in [3.63, 3.8) is 0 Å². The average Bonchev–Trinajstić information content (AvgIpc) is 2.47. The molecule has 1 saturated heterocycles. The number of nitrogens with zero attached hydrogens (tertiary/aromatic N) is 2. The average molecular weight is 332 g/mol. The van der Waals surface area contributed by atoms with Crippen LogP contribution in [0.2, 0.25) is 0 Å². The van der Waals surface area contributed by atoms with Gasteiger partial charge < -0.3 is 14.7 Å². The topological polar surface area (TPSA) is 35.9 Å². The Hall–Kier alpha value is -1.31. The fourth-order valence-corrected chi connectivity index (χ4v) is 3.15. The summed E-state index contributed by atoms with van der Waals surface area (Å²) in [6.07, 6.45) is -3.70. The molecule has 7 heteroatoms. The summed E-state index contributed by atoms with van der Waals surface area (Å²) in [5, 5.41) is 9.56. The largest absolute Gasteiger partial charge is 0.573 e. The van der Waals surface area contributed by atoms with Crippen LogP contribution >= 0.6 is 0 Å². The first-order valence-corrected chi connectivity index (χ1v) is 7.63. The number of benzene rings is 1. The van der Waals surface area contributed by atoms with Gasteiger partial charge in [-0.05, 0) is 44.8 Å². The van der Waals surface area contributed by atoms with Gasteiger partial charge in [0.15, 0.2) is 0 Å². The highest BCUT2D eigenvalue weighted by molar-refractivity contribution is 5.27. The predicted molar refractivity (Wildman–Crippen MR) is 81.1 cm³/mol. The lowest BCUT2D eigenvalue weighted by Gasteiger charge is -2.40. The van der Waals surface area contributed by atoms with Crippen LogP contribution in [0.5, 0.6) is 5.75 Å². The molecule has 1 heterocycles. The second-order valence-corrected chi connectivity index (χ2v) is 6.19. The van der Waals surface area contributed by atoms with Crippen LogP contribution in [0.25, 0.3) is 0 Å². The maximum absolute atomic E-state index is 12.1. The molecule has 1 aromatic rings. The van der Waals surface area contributed by atoms with Crippen molar-refractivity contribution in [1.29, 1.82) is 0 Å². The minimum atomic E-state index is -4.66. The van der Waals surface area contributed by atoms with Crippen molar-refractivity contribution in [1.82, 2.24) is 9.80 Å². The van der Waals surface area contributed by atoms with Gasteiger partial charge in [0.2, 0.25) is 0 Å². The quantitative estimate of drug-likeness (QED) is 0.898. The molecular weight excluding hydrogens is 309 g/mol. The highest BCUT2D eigenvalue weighted by atomic mass is 19.4. The molecule has 1 aromatic carbocycles. The van der Waals surface area contributed by atoms with E-state index >= 15 is 0 Å². The highest BCUT2D eigenvalue weighted by Gasteiger charge is 2.31. The molecule has 0 spiro atoms. The Morgan fingerprint density at radius 2 is 1.91 bits per heavy atom. The zero-order valence-electron chi connectivity index (χ0n) is 13.4. The second-order valence-electron chi connectivity index (χ2n) is 6.19. The van der Waals surface area contributed by atoms with Crippen molar-refractivity contribution in [3.8, 4) is 5.75 Å². The van der Waals surface area contributed by atoms with Gasteiger partial charge in [0.05, 0.1) is 0 Å². The van der Waals surface area contributed by atoms with E-state index in [0.717, 1.165) is 25.1 Å². The number of alkyl halides is 3. The minimum Gasteiger partial charge on any atom is -0.406 e. The molecule has 130 valence electrons. The molecule has 0 radical (unpaired) electrons. The van der Waals surface area contributed by atoms with Crippen LogP contribution in [0, 0.1) is 5.92 Å².